The van der Waals surface area contributed by atoms with E-state index in [1.54, 1.807) is 12.1 Å². The molecule has 0 radical (unpaired) electrons. The minimum atomic E-state index is -1.02. The first kappa shape index (κ1) is 17.6. The molecule has 0 bridgehead atoms. The first-order valence-electron chi connectivity index (χ1n) is 7.42. The Morgan fingerprint density at radius 3 is 2.54 bits per heavy atom. The lowest BCUT2D eigenvalue weighted by Crippen LogP contribution is -2.54. The number of benzene rings is 2. The van der Waals surface area contributed by atoms with Gasteiger partial charge in [0, 0.05) is 0 Å². The van der Waals surface area contributed by atoms with E-state index in [1.807, 2.05) is 5.32 Å². The van der Waals surface area contributed by atoms with Gasteiger partial charge in [-0.25, -0.2) is 14.1 Å². The molecule has 2 aromatic rings. The zero-order valence-electron chi connectivity index (χ0n) is 13.5. The number of methoxy groups -OCH3 is 1. The van der Waals surface area contributed by atoms with Gasteiger partial charge in [-0.1, -0.05) is 29.8 Å². The lowest BCUT2D eigenvalue weighted by Gasteiger charge is -2.26. The average Bonchev–Trinajstić information content (AvgIpc) is 2.60. The van der Waals surface area contributed by atoms with Crippen molar-refractivity contribution in [3.8, 4) is 5.75 Å². The number of nitrogens with one attached hydrogen (secondary N) is 1. The highest BCUT2D eigenvalue weighted by Gasteiger charge is 2.37. The fourth-order valence-electron chi connectivity index (χ4n) is 2.45. The van der Waals surface area contributed by atoms with E-state index in [-0.39, 0.29) is 16.3 Å². The van der Waals surface area contributed by atoms with E-state index in [4.69, 9.17) is 16.3 Å². The van der Waals surface area contributed by atoms with Crippen molar-refractivity contribution in [2.45, 2.75) is 0 Å². The van der Waals surface area contributed by atoms with Crippen molar-refractivity contribution in [1.82, 2.24) is 5.32 Å². The summed E-state index contributed by atoms with van der Waals surface area (Å²) in [5, 5.41) is 2.31. The van der Waals surface area contributed by atoms with Crippen LogP contribution in [-0.4, -0.2) is 25.0 Å². The van der Waals surface area contributed by atoms with Crippen molar-refractivity contribution in [1.29, 1.82) is 0 Å². The van der Waals surface area contributed by atoms with E-state index in [0.29, 0.717) is 16.2 Å². The highest BCUT2D eigenvalue weighted by molar-refractivity contribution is 6.39. The Hall–Kier alpha value is -3.19. The molecule has 1 aliphatic heterocycles. The van der Waals surface area contributed by atoms with Gasteiger partial charge in [-0.15, -0.1) is 0 Å². The third kappa shape index (κ3) is 3.16. The number of amides is 4. The number of carbonyl (C=O) groups is 3. The van der Waals surface area contributed by atoms with E-state index in [0.717, 1.165) is 6.07 Å². The Labute approximate surface area is 152 Å². The Kier molecular flexibility index (Phi) is 4.73. The van der Waals surface area contributed by atoms with Gasteiger partial charge in [0.25, 0.3) is 11.8 Å². The third-order valence-electron chi connectivity index (χ3n) is 3.68. The highest BCUT2D eigenvalue weighted by Crippen LogP contribution is 2.28. The number of ether oxygens (including phenoxy) is 1. The molecule has 2 aromatic carbocycles. The number of para-hydroxylation sites is 1. The normalized spacial score (nSPS) is 16.0. The lowest BCUT2D eigenvalue weighted by molar-refractivity contribution is -0.122. The quantitative estimate of drug-likeness (QED) is 0.661. The molecule has 1 saturated heterocycles. The number of anilines is 1. The Morgan fingerprint density at radius 2 is 1.88 bits per heavy atom. The molecule has 0 aliphatic carbocycles. The number of hydrogen-bond acceptors (Lipinski definition) is 4. The number of urea groups is 1. The standard InChI is InChI=1S/C18H12ClFN2O4/c1-26-15-7-6-10(9-12(15)19)8-11-16(23)21-18(25)22(17(11)24)14-5-3-2-4-13(14)20/h2-9H,1H3,(H,21,23,25)/b11-8-. The van der Waals surface area contributed by atoms with E-state index in [2.05, 4.69) is 0 Å². The molecule has 1 aliphatic rings. The van der Waals surface area contributed by atoms with Crippen LogP contribution < -0.4 is 15.0 Å². The van der Waals surface area contributed by atoms with Crippen molar-refractivity contribution in [3.63, 3.8) is 0 Å². The van der Waals surface area contributed by atoms with Crippen LogP contribution in [0.4, 0.5) is 14.9 Å². The molecule has 1 N–H and O–H groups in total. The highest BCUT2D eigenvalue weighted by atomic mass is 35.5. The average molecular weight is 375 g/mol. The van der Waals surface area contributed by atoms with E-state index >= 15 is 0 Å². The monoisotopic (exact) mass is 374 g/mol. The van der Waals surface area contributed by atoms with Crippen LogP contribution in [0, 0.1) is 5.82 Å². The molecule has 1 heterocycles. The second-order valence-corrected chi connectivity index (χ2v) is 5.71. The molecular weight excluding hydrogens is 363 g/mol. The molecule has 26 heavy (non-hydrogen) atoms. The summed E-state index contributed by atoms with van der Waals surface area (Å²) >= 11 is 6.03. The van der Waals surface area contributed by atoms with Crippen LogP contribution >= 0.6 is 11.6 Å². The first-order chi connectivity index (χ1) is 12.4. The lowest BCUT2D eigenvalue weighted by atomic mass is 10.1. The number of nitrogens with zero attached hydrogens (tertiary/aromatic N) is 1. The number of barbiturate groups is 1. The number of halogens is 2. The van der Waals surface area contributed by atoms with Gasteiger partial charge in [-0.05, 0) is 35.9 Å². The van der Waals surface area contributed by atoms with Gasteiger partial charge in [-0.3, -0.25) is 14.9 Å². The molecule has 0 aromatic heterocycles. The number of carbonyl (C=O) groups excluding carboxylic acids is 3. The summed E-state index contributed by atoms with van der Waals surface area (Å²) in [6.45, 7) is 0. The molecule has 0 atom stereocenters. The van der Waals surface area contributed by atoms with Crippen molar-refractivity contribution in [2.75, 3.05) is 12.0 Å². The summed E-state index contributed by atoms with van der Waals surface area (Å²) < 4.78 is 19.0. The van der Waals surface area contributed by atoms with Crippen LogP contribution in [0.3, 0.4) is 0 Å². The van der Waals surface area contributed by atoms with Gasteiger partial charge >= 0.3 is 6.03 Å². The van der Waals surface area contributed by atoms with Crippen LogP contribution in [0.15, 0.2) is 48.0 Å². The first-order valence-corrected chi connectivity index (χ1v) is 7.79. The summed E-state index contributed by atoms with van der Waals surface area (Å²) in [5.74, 6) is -2.15. The van der Waals surface area contributed by atoms with Crippen molar-refractivity contribution in [2.24, 2.45) is 0 Å². The molecule has 3 rings (SSSR count). The number of hydrogen-bond donors (Lipinski definition) is 1. The Morgan fingerprint density at radius 1 is 1.15 bits per heavy atom. The molecule has 4 amide bonds. The fraction of sp³-hybridized carbons (Fsp3) is 0.0556. The predicted octanol–water partition coefficient (Wildman–Crippen LogP) is 3.15. The summed E-state index contributed by atoms with van der Waals surface area (Å²) in [7, 11) is 1.45. The summed E-state index contributed by atoms with van der Waals surface area (Å²) in [6, 6.07) is 8.91. The molecule has 8 heteroatoms. The van der Waals surface area contributed by atoms with Crippen LogP contribution in [0.25, 0.3) is 6.08 Å². The SMILES string of the molecule is COc1ccc(/C=C2/C(=O)NC(=O)N(c3ccccc3F)C2=O)cc1Cl. The maximum Gasteiger partial charge on any atom is 0.336 e. The minimum Gasteiger partial charge on any atom is -0.495 e. The molecule has 0 unspecified atom stereocenters. The van der Waals surface area contributed by atoms with Gasteiger partial charge in [0.15, 0.2) is 0 Å². The molecule has 1 fully saturated rings. The summed E-state index contributed by atoms with van der Waals surface area (Å²) in [4.78, 5) is 37.4. The van der Waals surface area contributed by atoms with Gasteiger partial charge in [0.2, 0.25) is 0 Å². The molecular formula is C18H12ClFN2O4. The van der Waals surface area contributed by atoms with Crippen molar-refractivity contribution >= 4 is 41.2 Å². The molecule has 6 nitrogen and oxygen atoms in total. The smallest absolute Gasteiger partial charge is 0.336 e. The van der Waals surface area contributed by atoms with Gasteiger partial charge in [0.05, 0.1) is 17.8 Å². The second-order valence-electron chi connectivity index (χ2n) is 5.30. The zero-order valence-corrected chi connectivity index (χ0v) is 14.2. The summed E-state index contributed by atoms with van der Waals surface area (Å²) in [5.41, 5.74) is -0.132. The maximum absolute atomic E-state index is 14.0. The van der Waals surface area contributed by atoms with E-state index in [1.165, 1.54) is 37.5 Å². The van der Waals surface area contributed by atoms with Crippen LogP contribution in [0.1, 0.15) is 5.56 Å². The zero-order chi connectivity index (χ0) is 18.8. The van der Waals surface area contributed by atoms with Crippen molar-refractivity contribution in [3.05, 3.63) is 64.4 Å². The van der Waals surface area contributed by atoms with Gasteiger partial charge in [-0.2, -0.15) is 0 Å². The van der Waals surface area contributed by atoms with Crippen LogP contribution in [0.2, 0.25) is 5.02 Å². The van der Waals surface area contributed by atoms with Gasteiger partial charge < -0.3 is 4.74 Å². The largest absolute Gasteiger partial charge is 0.495 e. The Balaban J connectivity index is 2.03. The summed E-state index contributed by atoms with van der Waals surface area (Å²) in [6.07, 6.45) is 1.27. The molecule has 132 valence electrons. The van der Waals surface area contributed by atoms with E-state index in [9.17, 15) is 18.8 Å². The molecule has 0 spiro atoms. The van der Waals surface area contributed by atoms with Gasteiger partial charge in [0.1, 0.15) is 17.1 Å². The minimum absolute atomic E-state index is 0.249. The fourth-order valence-corrected chi connectivity index (χ4v) is 2.71. The molecule has 0 saturated carbocycles. The van der Waals surface area contributed by atoms with Crippen LogP contribution in [-0.2, 0) is 9.59 Å². The topological polar surface area (TPSA) is 75.7 Å². The Bertz CT molecular complexity index is 958. The number of rotatable bonds is 3. The number of imide groups is 2. The van der Waals surface area contributed by atoms with E-state index < -0.39 is 23.7 Å². The maximum atomic E-state index is 14.0. The third-order valence-corrected chi connectivity index (χ3v) is 3.98. The van der Waals surface area contributed by atoms with Crippen LogP contribution in [0.5, 0.6) is 5.75 Å². The van der Waals surface area contributed by atoms with Crippen molar-refractivity contribution < 1.29 is 23.5 Å². The predicted molar refractivity (Wildman–Crippen MR) is 93.4 cm³/mol. The second kappa shape index (κ2) is 6.97.